The number of aromatic nitrogens is 1. The Hall–Kier alpha value is -3.70. The van der Waals surface area contributed by atoms with Gasteiger partial charge in [0.1, 0.15) is 0 Å². The number of carboxylic acid groups (broad SMARTS) is 1. The van der Waals surface area contributed by atoms with Crippen molar-refractivity contribution in [3.8, 4) is 22.5 Å². The first-order valence-electron chi connectivity index (χ1n) is 12.3. The van der Waals surface area contributed by atoms with Gasteiger partial charge < -0.3 is 9.63 Å². The summed E-state index contributed by atoms with van der Waals surface area (Å²) in [6, 6.07) is 27.1. The first-order valence-corrected chi connectivity index (χ1v) is 13.1. The first-order chi connectivity index (χ1) is 17.4. The molecule has 1 saturated carbocycles. The largest absolute Gasteiger partial charge is 0.481 e. The van der Waals surface area contributed by atoms with Crippen molar-refractivity contribution >= 4 is 27.4 Å². The highest BCUT2D eigenvalue weighted by molar-refractivity contribution is 7.19. The monoisotopic (exact) mass is 493 g/mol. The normalized spacial score (nSPS) is 15.2. The minimum absolute atomic E-state index is 0.359. The summed E-state index contributed by atoms with van der Waals surface area (Å²) in [6.07, 6.45) is 2.31. The van der Waals surface area contributed by atoms with Gasteiger partial charge >= 0.3 is 5.97 Å². The van der Waals surface area contributed by atoms with Crippen LogP contribution in [0.1, 0.15) is 47.4 Å². The average molecular weight is 494 g/mol. The molecule has 3 aromatic carbocycles. The van der Waals surface area contributed by atoms with Crippen LogP contribution in [-0.2, 0) is 16.6 Å². The molecule has 5 aromatic rings. The van der Waals surface area contributed by atoms with Gasteiger partial charge in [-0.2, -0.15) is 0 Å². The van der Waals surface area contributed by atoms with Crippen molar-refractivity contribution in [2.75, 3.05) is 0 Å². The number of carbonyl (C=O) groups is 1. The van der Waals surface area contributed by atoms with Crippen molar-refractivity contribution < 1.29 is 14.4 Å². The average Bonchev–Trinajstić information content (AvgIpc) is 3.48. The van der Waals surface area contributed by atoms with Gasteiger partial charge in [-0.25, -0.2) is 0 Å². The second-order valence-corrected chi connectivity index (χ2v) is 11.0. The van der Waals surface area contributed by atoms with E-state index < -0.39 is 11.4 Å². The van der Waals surface area contributed by atoms with Gasteiger partial charge in [0.15, 0.2) is 5.76 Å². The zero-order valence-electron chi connectivity index (χ0n) is 20.3. The molecule has 1 aliphatic rings. The number of hydrogen-bond acceptors (Lipinski definition) is 4. The van der Waals surface area contributed by atoms with E-state index in [2.05, 4.69) is 66.7 Å². The van der Waals surface area contributed by atoms with E-state index in [0.29, 0.717) is 5.92 Å². The Bertz CT molecular complexity index is 1520. The summed E-state index contributed by atoms with van der Waals surface area (Å²) in [6.45, 7) is 4.28. The molecule has 0 saturated heterocycles. The molecule has 1 atom stereocenters. The zero-order valence-corrected chi connectivity index (χ0v) is 21.1. The molecule has 2 heterocycles. The molecule has 0 aliphatic heterocycles. The second-order valence-electron chi connectivity index (χ2n) is 9.91. The molecule has 1 aliphatic carbocycles. The molecule has 180 valence electrons. The molecular formula is C31H27NO3S. The third-order valence-electron chi connectivity index (χ3n) is 7.50. The summed E-state index contributed by atoms with van der Waals surface area (Å²) < 4.78 is 7.12. The van der Waals surface area contributed by atoms with E-state index in [-0.39, 0.29) is 0 Å². The lowest BCUT2D eigenvalue weighted by Gasteiger charge is -2.11. The van der Waals surface area contributed by atoms with Crippen LogP contribution in [0.15, 0.2) is 83.4 Å². The molecule has 0 amide bonds. The summed E-state index contributed by atoms with van der Waals surface area (Å²) in [5.41, 5.74) is 5.48. The van der Waals surface area contributed by atoms with Crippen molar-refractivity contribution in [2.45, 2.75) is 44.4 Å². The number of aryl methyl sites for hydroxylation is 1. The van der Waals surface area contributed by atoms with Gasteiger partial charge in [0.05, 0.1) is 11.1 Å². The van der Waals surface area contributed by atoms with Crippen LogP contribution in [0.2, 0.25) is 0 Å². The maximum atomic E-state index is 11.6. The van der Waals surface area contributed by atoms with E-state index in [1.54, 1.807) is 0 Å². The molecule has 1 N–H and O–H groups in total. The summed E-state index contributed by atoms with van der Waals surface area (Å²) in [5.74, 6) is 0.469. The first kappa shape index (κ1) is 22.7. The van der Waals surface area contributed by atoms with Crippen LogP contribution >= 0.6 is 11.3 Å². The Balaban J connectivity index is 1.23. The molecule has 5 heteroatoms. The van der Waals surface area contributed by atoms with E-state index >= 15 is 0 Å². The van der Waals surface area contributed by atoms with E-state index in [0.717, 1.165) is 58.5 Å². The molecule has 36 heavy (non-hydrogen) atoms. The third kappa shape index (κ3) is 3.94. The Morgan fingerprint density at radius 1 is 1.00 bits per heavy atom. The number of carboxylic acids is 1. The summed E-state index contributed by atoms with van der Waals surface area (Å²) >= 11 is 1.86. The Morgan fingerprint density at radius 3 is 2.28 bits per heavy atom. The fourth-order valence-electron chi connectivity index (χ4n) is 5.05. The van der Waals surface area contributed by atoms with Crippen molar-refractivity contribution in [1.29, 1.82) is 0 Å². The number of hydrogen-bond donors (Lipinski definition) is 1. The summed E-state index contributed by atoms with van der Waals surface area (Å²) in [7, 11) is 0. The van der Waals surface area contributed by atoms with Crippen LogP contribution in [0.4, 0.5) is 0 Å². The molecule has 4 nitrogen and oxygen atoms in total. The highest BCUT2D eigenvalue weighted by Crippen LogP contribution is 2.48. The van der Waals surface area contributed by atoms with Gasteiger partial charge in [-0.15, -0.1) is 11.3 Å². The van der Waals surface area contributed by atoms with Gasteiger partial charge in [-0.1, -0.05) is 78.8 Å². The molecule has 1 unspecified atom stereocenters. The minimum Gasteiger partial charge on any atom is -0.481 e. The molecule has 1 fully saturated rings. The molecule has 0 spiro atoms. The number of nitrogens with zero attached hydrogens (tertiary/aromatic N) is 1. The Morgan fingerprint density at radius 2 is 1.64 bits per heavy atom. The van der Waals surface area contributed by atoms with Crippen molar-refractivity contribution in [3.05, 3.63) is 101 Å². The quantitative estimate of drug-likeness (QED) is 0.249. The van der Waals surface area contributed by atoms with Crippen LogP contribution in [0.5, 0.6) is 0 Å². The SMILES string of the molecule is Cc1noc(-c2ccc(-c3ccc(C4(C(=O)O)CC4)cc3)cc2)c1CC(C)c1cc2ccccc2s1. The summed E-state index contributed by atoms with van der Waals surface area (Å²) in [5, 5.41) is 15.1. The van der Waals surface area contributed by atoms with Gasteiger partial charge in [0.25, 0.3) is 0 Å². The topological polar surface area (TPSA) is 63.3 Å². The van der Waals surface area contributed by atoms with Gasteiger partial charge in [0.2, 0.25) is 0 Å². The van der Waals surface area contributed by atoms with Crippen LogP contribution in [-0.4, -0.2) is 16.2 Å². The van der Waals surface area contributed by atoms with E-state index in [9.17, 15) is 9.90 Å². The Labute approximate surface area is 214 Å². The van der Waals surface area contributed by atoms with Crippen molar-refractivity contribution in [2.24, 2.45) is 0 Å². The molecule has 6 rings (SSSR count). The number of rotatable bonds is 7. The highest BCUT2D eigenvalue weighted by atomic mass is 32.1. The number of aliphatic carboxylic acids is 1. The maximum Gasteiger partial charge on any atom is 0.314 e. The Kier molecular flexibility index (Phi) is 5.53. The third-order valence-corrected chi connectivity index (χ3v) is 8.85. The van der Waals surface area contributed by atoms with E-state index in [1.807, 2.05) is 42.5 Å². The van der Waals surface area contributed by atoms with E-state index in [4.69, 9.17) is 4.52 Å². The van der Waals surface area contributed by atoms with Gasteiger partial charge in [-0.3, -0.25) is 4.79 Å². The second kappa shape index (κ2) is 8.75. The maximum absolute atomic E-state index is 11.6. The summed E-state index contributed by atoms with van der Waals surface area (Å²) in [4.78, 5) is 13.0. The molecule has 0 radical (unpaired) electrons. The lowest BCUT2D eigenvalue weighted by molar-refractivity contribution is -0.140. The molecule has 0 bridgehead atoms. The predicted octanol–water partition coefficient (Wildman–Crippen LogP) is 7.99. The van der Waals surface area contributed by atoms with Gasteiger partial charge in [-0.05, 0) is 66.3 Å². The molecule has 2 aromatic heterocycles. The lowest BCUT2D eigenvalue weighted by atomic mass is 9.93. The minimum atomic E-state index is -0.723. The predicted molar refractivity (Wildman–Crippen MR) is 145 cm³/mol. The highest BCUT2D eigenvalue weighted by Gasteiger charge is 2.51. The van der Waals surface area contributed by atoms with Crippen LogP contribution in [0.25, 0.3) is 32.5 Å². The number of fused-ring (bicyclic) bond motifs is 1. The fourth-order valence-corrected chi connectivity index (χ4v) is 6.17. The van der Waals surface area contributed by atoms with E-state index in [1.165, 1.54) is 15.0 Å². The molecular weight excluding hydrogens is 466 g/mol. The van der Waals surface area contributed by atoms with Crippen molar-refractivity contribution in [1.82, 2.24) is 5.16 Å². The standard InChI is InChI=1S/C31H27NO3S/c1-19(28-18-24-5-3-4-6-27(24)36-28)17-26-20(2)32-35-29(26)23-9-7-21(8-10-23)22-11-13-25(14-12-22)31(15-16-31)30(33)34/h3-14,18-19H,15-17H2,1-2H3,(H,33,34). The van der Waals surface area contributed by atoms with Crippen LogP contribution in [0, 0.1) is 6.92 Å². The smallest absolute Gasteiger partial charge is 0.314 e. The van der Waals surface area contributed by atoms with Crippen LogP contribution in [0.3, 0.4) is 0 Å². The fraction of sp³-hybridized carbons (Fsp3) is 0.226. The number of benzene rings is 3. The number of thiophene rings is 1. The zero-order chi connectivity index (χ0) is 24.9. The van der Waals surface area contributed by atoms with Crippen LogP contribution < -0.4 is 0 Å². The van der Waals surface area contributed by atoms with Crippen molar-refractivity contribution in [3.63, 3.8) is 0 Å². The lowest BCUT2D eigenvalue weighted by Crippen LogP contribution is -2.19. The van der Waals surface area contributed by atoms with Gasteiger partial charge in [0, 0.05) is 20.7 Å².